The second-order valence-electron chi connectivity index (χ2n) is 6.51. The van der Waals surface area contributed by atoms with Crippen molar-refractivity contribution in [2.24, 2.45) is 16.5 Å². The van der Waals surface area contributed by atoms with Gasteiger partial charge >= 0.3 is 5.97 Å². The molecule has 29 heavy (non-hydrogen) atoms. The molecule has 164 valence electrons. The Labute approximate surface area is 167 Å². The van der Waals surface area contributed by atoms with Crippen molar-refractivity contribution in [2.45, 2.75) is 43.8 Å². The monoisotopic (exact) mass is 415 g/mol. The molecule has 0 bridgehead atoms. The van der Waals surface area contributed by atoms with Crippen molar-refractivity contribution in [3.8, 4) is 0 Å². The Kier molecular flexibility index (Phi) is 10.4. The van der Waals surface area contributed by atoms with Gasteiger partial charge in [-0.15, -0.1) is 0 Å². The lowest BCUT2D eigenvalue weighted by atomic mass is 10.1. The van der Waals surface area contributed by atoms with E-state index in [1.807, 2.05) is 0 Å². The molecule has 0 saturated carbocycles. The number of nitrogens with zero attached hydrogens (tertiary/aromatic N) is 1. The smallest absolute Gasteiger partial charge is 0.322 e. The molecule has 0 aromatic carbocycles. The summed E-state index contributed by atoms with van der Waals surface area (Å²) < 4.78 is 0. The Bertz CT molecular complexity index is 617. The van der Waals surface area contributed by atoms with E-state index in [1.165, 1.54) is 0 Å². The van der Waals surface area contributed by atoms with Crippen molar-refractivity contribution in [2.75, 3.05) is 26.2 Å². The summed E-state index contributed by atoms with van der Waals surface area (Å²) in [6.45, 7) is -0.449. The van der Waals surface area contributed by atoms with Crippen LogP contribution in [0.4, 0.5) is 0 Å². The molecule has 1 aliphatic heterocycles. The quantitative estimate of drug-likeness (QED) is 0.0881. The molecule has 10 N–H and O–H groups in total. The van der Waals surface area contributed by atoms with Crippen LogP contribution >= 0.6 is 0 Å². The molecule has 13 nitrogen and oxygen atoms in total. The standard InChI is InChI=1S/C16H29N7O6/c17-16(18)20-6-2-4-10(22-14(28)9-3-1-5-19-9)15(29)23-11(8-24)13(27)21-7-12(25)26/h9-11,19,24H,1-8H2,(H,21,27)(H,22,28)(H,23,29)(H,25,26)(H4,17,18,20). The summed E-state index contributed by atoms with van der Waals surface area (Å²) in [4.78, 5) is 51.2. The number of nitrogens with one attached hydrogen (secondary N) is 4. The van der Waals surface area contributed by atoms with Crippen molar-refractivity contribution in [1.82, 2.24) is 21.3 Å². The molecule has 0 radical (unpaired) electrons. The van der Waals surface area contributed by atoms with Crippen molar-refractivity contribution in [1.29, 1.82) is 0 Å². The third-order valence-corrected chi connectivity index (χ3v) is 4.18. The average molecular weight is 415 g/mol. The zero-order chi connectivity index (χ0) is 21.8. The maximum Gasteiger partial charge on any atom is 0.322 e. The van der Waals surface area contributed by atoms with E-state index in [1.54, 1.807) is 0 Å². The lowest BCUT2D eigenvalue weighted by molar-refractivity contribution is -0.139. The van der Waals surface area contributed by atoms with E-state index in [2.05, 4.69) is 26.3 Å². The Hall–Kier alpha value is -2.93. The number of rotatable bonds is 12. The first kappa shape index (κ1) is 24.1. The van der Waals surface area contributed by atoms with Crippen LogP contribution in [-0.2, 0) is 19.2 Å². The van der Waals surface area contributed by atoms with Crippen LogP contribution in [0.25, 0.3) is 0 Å². The van der Waals surface area contributed by atoms with E-state index in [0.717, 1.165) is 6.42 Å². The van der Waals surface area contributed by atoms with Gasteiger partial charge in [-0.25, -0.2) is 0 Å². The van der Waals surface area contributed by atoms with Gasteiger partial charge in [-0.2, -0.15) is 0 Å². The Balaban J connectivity index is 2.72. The van der Waals surface area contributed by atoms with Crippen molar-refractivity contribution < 1.29 is 29.4 Å². The molecule has 3 amide bonds. The molecule has 0 aromatic rings. The third kappa shape index (κ3) is 9.21. The summed E-state index contributed by atoms with van der Waals surface area (Å²) in [5.41, 5.74) is 10.5. The van der Waals surface area contributed by atoms with Crippen molar-refractivity contribution in [3.05, 3.63) is 0 Å². The van der Waals surface area contributed by atoms with Gasteiger partial charge in [0.15, 0.2) is 5.96 Å². The Morgan fingerprint density at radius 2 is 1.86 bits per heavy atom. The summed E-state index contributed by atoms with van der Waals surface area (Å²) in [5.74, 6) is -3.26. The van der Waals surface area contributed by atoms with Crippen LogP contribution in [-0.4, -0.2) is 84.2 Å². The summed E-state index contributed by atoms with van der Waals surface area (Å²) in [7, 11) is 0. The van der Waals surface area contributed by atoms with Gasteiger partial charge in [0.1, 0.15) is 18.6 Å². The minimum absolute atomic E-state index is 0.0966. The molecular weight excluding hydrogens is 386 g/mol. The maximum absolute atomic E-state index is 12.6. The molecule has 13 heteroatoms. The van der Waals surface area contributed by atoms with Crippen LogP contribution in [0.3, 0.4) is 0 Å². The number of hydrogen-bond acceptors (Lipinski definition) is 7. The number of hydrogen-bond donors (Lipinski definition) is 8. The fourth-order valence-corrected chi connectivity index (χ4v) is 2.71. The van der Waals surface area contributed by atoms with Gasteiger partial charge in [0.25, 0.3) is 0 Å². The second kappa shape index (κ2) is 12.5. The zero-order valence-corrected chi connectivity index (χ0v) is 16.0. The average Bonchev–Trinajstić information content (AvgIpc) is 3.20. The fourth-order valence-electron chi connectivity index (χ4n) is 2.71. The van der Waals surface area contributed by atoms with Crippen LogP contribution in [0, 0.1) is 0 Å². The molecule has 0 spiro atoms. The SMILES string of the molecule is NC(N)=NCCCC(NC(=O)C1CCCN1)C(=O)NC(CO)C(=O)NCC(=O)O. The molecule has 1 fully saturated rings. The van der Waals surface area contributed by atoms with Gasteiger partial charge in [-0.05, 0) is 32.2 Å². The van der Waals surface area contributed by atoms with Crippen LogP contribution in [0.2, 0.25) is 0 Å². The van der Waals surface area contributed by atoms with Crippen LogP contribution in [0.5, 0.6) is 0 Å². The van der Waals surface area contributed by atoms with Gasteiger partial charge < -0.3 is 42.9 Å². The number of aliphatic imine (C=N–C) groups is 1. The third-order valence-electron chi connectivity index (χ3n) is 4.18. The molecule has 3 atom stereocenters. The summed E-state index contributed by atoms with van der Waals surface area (Å²) in [6.07, 6.45) is 2.06. The van der Waals surface area contributed by atoms with E-state index in [0.29, 0.717) is 19.4 Å². The van der Waals surface area contributed by atoms with E-state index < -0.39 is 49.1 Å². The number of nitrogens with two attached hydrogens (primary N) is 2. The highest BCUT2D eigenvalue weighted by Crippen LogP contribution is 2.07. The van der Waals surface area contributed by atoms with Crippen LogP contribution in [0.15, 0.2) is 4.99 Å². The van der Waals surface area contributed by atoms with Gasteiger partial charge in [-0.3, -0.25) is 24.2 Å². The maximum atomic E-state index is 12.6. The first-order chi connectivity index (χ1) is 13.7. The predicted molar refractivity (Wildman–Crippen MR) is 103 cm³/mol. The highest BCUT2D eigenvalue weighted by Gasteiger charge is 2.29. The fraction of sp³-hybridized carbons (Fsp3) is 0.688. The largest absolute Gasteiger partial charge is 0.480 e. The molecule has 0 aliphatic carbocycles. The lowest BCUT2D eigenvalue weighted by Gasteiger charge is -2.23. The molecule has 0 aromatic heterocycles. The molecule has 1 saturated heterocycles. The summed E-state index contributed by atoms with van der Waals surface area (Å²) >= 11 is 0. The van der Waals surface area contributed by atoms with Gasteiger partial charge in [0.05, 0.1) is 12.6 Å². The lowest BCUT2D eigenvalue weighted by Crippen LogP contribution is -2.56. The predicted octanol–water partition coefficient (Wildman–Crippen LogP) is -4.05. The van der Waals surface area contributed by atoms with E-state index >= 15 is 0 Å². The number of carbonyl (C=O) groups is 4. The summed E-state index contributed by atoms with van der Waals surface area (Å²) in [6, 6.07) is -2.75. The van der Waals surface area contributed by atoms with Crippen molar-refractivity contribution in [3.63, 3.8) is 0 Å². The topological polar surface area (TPSA) is 221 Å². The number of guanidine groups is 1. The number of aliphatic carboxylic acids is 1. The second-order valence-corrected chi connectivity index (χ2v) is 6.51. The van der Waals surface area contributed by atoms with E-state index in [-0.39, 0.29) is 24.8 Å². The first-order valence-electron chi connectivity index (χ1n) is 9.24. The molecule has 3 unspecified atom stereocenters. The van der Waals surface area contributed by atoms with Crippen LogP contribution < -0.4 is 32.7 Å². The first-order valence-corrected chi connectivity index (χ1v) is 9.24. The Morgan fingerprint density at radius 3 is 2.41 bits per heavy atom. The molecule has 1 rings (SSSR count). The number of amides is 3. The van der Waals surface area contributed by atoms with Crippen LogP contribution in [0.1, 0.15) is 25.7 Å². The minimum atomic E-state index is -1.36. The highest BCUT2D eigenvalue weighted by atomic mass is 16.4. The van der Waals surface area contributed by atoms with Crippen molar-refractivity contribution >= 4 is 29.7 Å². The Morgan fingerprint density at radius 1 is 1.14 bits per heavy atom. The highest BCUT2D eigenvalue weighted by molar-refractivity contribution is 5.93. The van der Waals surface area contributed by atoms with Gasteiger partial charge in [0.2, 0.25) is 17.7 Å². The minimum Gasteiger partial charge on any atom is -0.480 e. The normalized spacial score (nSPS) is 17.6. The summed E-state index contributed by atoms with van der Waals surface area (Å²) in [5, 5.41) is 28.0. The molecule has 1 heterocycles. The van der Waals surface area contributed by atoms with E-state index in [4.69, 9.17) is 16.6 Å². The number of carboxylic acid groups (broad SMARTS) is 1. The van der Waals surface area contributed by atoms with E-state index in [9.17, 15) is 24.3 Å². The number of carboxylic acids is 1. The number of aliphatic hydroxyl groups is 1. The number of aliphatic hydroxyl groups excluding tert-OH is 1. The number of carbonyl (C=O) groups excluding carboxylic acids is 3. The van der Waals surface area contributed by atoms with Gasteiger partial charge in [0, 0.05) is 6.54 Å². The molecule has 1 aliphatic rings. The van der Waals surface area contributed by atoms with Gasteiger partial charge in [-0.1, -0.05) is 0 Å². The zero-order valence-electron chi connectivity index (χ0n) is 16.0. The molecular formula is C16H29N7O6.